The van der Waals surface area contributed by atoms with Gasteiger partial charge in [0.1, 0.15) is 6.04 Å². The predicted molar refractivity (Wildman–Crippen MR) is 43.6 cm³/mol. The van der Waals surface area contributed by atoms with Crippen LogP contribution >= 0.6 is 0 Å². The van der Waals surface area contributed by atoms with Crippen molar-refractivity contribution in [3.8, 4) is 0 Å². The molecule has 0 heterocycles. The molecule has 0 radical (unpaired) electrons. The molecule has 12 heavy (non-hydrogen) atoms. The fraction of sp³-hybridized carbons (Fsp3) is 0.714. The van der Waals surface area contributed by atoms with Gasteiger partial charge in [0.05, 0.1) is 6.61 Å². The van der Waals surface area contributed by atoms with E-state index in [1.807, 2.05) is 0 Å². The van der Waals surface area contributed by atoms with Gasteiger partial charge in [0.15, 0.2) is 0 Å². The van der Waals surface area contributed by atoms with E-state index in [2.05, 4.69) is 4.74 Å². The van der Waals surface area contributed by atoms with Crippen molar-refractivity contribution in [2.24, 2.45) is 5.73 Å². The molecule has 3 N–H and O–H groups in total. The molecule has 0 aromatic heterocycles. The SMILES string of the molecule is C.CC(=O)OCCC(N)C(=O)O. The van der Waals surface area contributed by atoms with E-state index in [1.54, 1.807) is 0 Å². The average Bonchev–Trinajstić information content (AvgIpc) is 1.86. The van der Waals surface area contributed by atoms with Crippen molar-refractivity contribution in [1.29, 1.82) is 0 Å². The molecule has 0 amide bonds. The van der Waals surface area contributed by atoms with Crippen molar-refractivity contribution in [1.82, 2.24) is 0 Å². The van der Waals surface area contributed by atoms with Gasteiger partial charge >= 0.3 is 11.9 Å². The summed E-state index contributed by atoms with van der Waals surface area (Å²) in [5.41, 5.74) is 5.11. The summed E-state index contributed by atoms with van der Waals surface area (Å²) in [4.78, 5) is 20.3. The van der Waals surface area contributed by atoms with Gasteiger partial charge < -0.3 is 15.6 Å². The van der Waals surface area contributed by atoms with Gasteiger partial charge in [-0.2, -0.15) is 0 Å². The fourth-order valence-corrected chi connectivity index (χ4v) is 0.453. The quantitative estimate of drug-likeness (QED) is 0.589. The number of hydrogen-bond donors (Lipinski definition) is 2. The smallest absolute Gasteiger partial charge is 0.320 e. The molecule has 72 valence electrons. The van der Waals surface area contributed by atoms with Gasteiger partial charge in [0, 0.05) is 13.3 Å². The molecular formula is C7H15NO4. The molecule has 0 saturated heterocycles. The largest absolute Gasteiger partial charge is 0.480 e. The molecule has 0 aromatic carbocycles. The van der Waals surface area contributed by atoms with Crippen LogP contribution in [-0.2, 0) is 14.3 Å². The molecule has 0 aliphatic heterocycles. The highest BCUT2D eigenvalue weighted by atomic mass is 16.5. The number of carbonyl (C=O) groups excluding carboxylic acids is 1. The number of nitrogens with two attached hydrogens (primary N) is 1. The number of carboxylic acid groups (broad SMARTS) is 1. The summed E-state index contributed by atoms with van der Waals surface area (Å²) in [6.07, 6.45) is 0.148. The van der Waals surface area contributed by atoms with Crippen molar-refractivity contribution in [3.63, 3.8) is 0 Å². The Balaban J connectivity index is 0. The zero-order valence-electron chi connectivity index (χ0n) is 6.24. The van der Waals surface area contributed by atoms with Crippen LogP contribution in [0.25, 0.3) is 0 Å². The van der Waals surface area contributed by atoms with Crippen LogP contribution in [-0.4, -0.2) is 29.7 Å². The Morgan fingerprint density at radius 1 is 1.58 bits per heavy atom. The Labute approximate surface area is 71.5 Å². The van der Waals surface area contributed by atoms with E-state index in [4.69, 9.17) is 10.8 Å². The van der Waals surface area contributed by atoms with Gasteiger partial charge in [-0.25, -0.2) is 0 Å². The Bertz CT molecular complexity index is 157. The van der Waals surface area contributed by atoms with E-state index >= 15 is 0 Å². The molecule has 0 aliphatic carbocycles. The Hall–Kier alpha value is -1.10. The van der Waals surface area contributed by atoms with E-state index < -0.39 is 18.0 Å². The van der Waals surface area contributed by atoms with Gasteiger partial charge in [-0.3, -0.25) is 9.59 Å². The summed E-state index contributed by atoms with van der Waals surface area (Å²) in [5.74, 6) is -1.51. The average molecular weight is 177 g/mol. The first-order chi connectivity index (χ1) is 5.04. The standard InChI is InChI=1S/C6H11NO4.CH4/c1-4(8)11-3-2-5(7)6(9)10;/h5H,2-3,7H2,1H3,(H,9,10);1H4. The van der Waals surface area contributed by atoms with E-state index in [9.17, 15) is 9.59 Å². The van der Waals surface area contributed by atoms with Crippen LogP contribution in [0.3, 0.4) is 0 Å². The van der Waals surface area contributed by atoms with E-state index in [0.717, 1.165) is 0 Å². The maximum atomic E-state index is 10.2. The lowest BCUT2D eigenvalue weighted by molar-refractivity contribution is -0.144. The van der Waals surface area contributed by atoms with Crippen molar-refractivity contribution in [3.05, 3.63) is 0 Å². The summed E-state index contributed by atoms with van der Waals surface area (Å²) in [6, 6.07) is -0.950. The zero-order chi connectivity index (χ0) is 8.85. The van der Waals surface area contributed by atoms with Crippen LogP contribution in [0, 0.1) is 0 Å². The van der Waals surface area contributed by atoms with Crippen molar-refractivity contribution < 1.29 is 19.4 Å². The molecule has 5 heteroatoms. The Morgan fingerprint density at radius 3 is 2.42 bits per heavy atom. The van der Waals surface area contributed by atoms with Crippen LogP contribution in [0.1, 0.15) is 20.8 Å². The van der Waals surface area contributed by atoms with Crippen LogP contribution < -0.4 is 5.73 Å². The zero-order valence-corrected chi connectivity index (χ0v) is 6.24. The third-order valence-electron chi connectivity index (χ3n) is 1.05. The number of esters is 1. The second kappa shape index (κ2) is 6.60. The third-order valence-corrected chi connectivity index (χ3v) is 1.05. The monoisotopic (exact) mass is 177 g/mol. The number of carboxylic acids is 1. The minimum Gasteiger partial charge on any atom is -0.480 e. The lowest BCUT2D eigenvalue weighted by atomic mass is 10.2. The normalized spacial score (nSPS) is 11.2. The number of hydrogen-bond acceptors (Lipinski definition) is 4. The molecule has 0 saturated carbocycles. The lowest BCUT2D eigenvalue weighted by Gasteiger charge is -2.04. The maximum absolute atomic E-state index is 10.2. The fourth-order valence-electron chi connectivity index (χ4n) is 0.453. The molecule has 1 unspecified atom stereocenters. The highest BCUT2D eigenvalue weighted by Gasteiger charge is 2.10. The highest BCUT2D eigenvalue weighted by molar-refractivity contribution is 5.73. The van der Waals surface area contributed by atoms with Gasteiger partial charge in [-0.05, 0) is 0 Å². The molecule has 1 atom stereocenters. The van der Waals surface area contributed by atoms with Crippen LogP contribution in [0.5, 0.6) is 0 Å². The first kappa shape index (κ1) is 13.5. The second-order valence-corrected chi connectivity index (χ2v) is 2.07. The molecule has 0 spiro atoms. The summed E-state index contributed by atoms with van der Waals surface area (Å²) >= 11 is 0. The van der Waals surface area contributed by atoms with Crippen LogP contribution in [0.15, 0.2) is 0 Å². The van der Waals surface area contributed by atoms with Gasteiger partial charge in [0.25, 0.3) is 0 Å². The summed E-state index contributed by atoms with van der Waals surface area (Å²) in [5, 5.41) is 8.28. The van der Waals surface area contributed by atoms with Gasteiger partial charge in [-0.1, -0.05) is 7.43 Å². The summed E-state index contributed by atoms with van der Waals surface area (Å²) < 4.78 is 4.48. The third kappa shape index (κ3) is 7.01. The number of carbonyl (C=O) groups is 2. The van der Waals surface area contributed by atoms with Crippen molar-refractivity contribution in [2.45, 2.75) is 26.8 Å². The van der Waals surface area contributed by atoms with E-state index in [1.165, 1.54) is 6.92 Å². The van der Waals surface area contributed by atoms with Crippen LogP contribution in [0.2, 0.25) is 0 Å². The predicted octanol–water partition coefficient (Wildman–Crippen LogP) is -0.0124. The number of ether oxygens (including phenoxy) is 1. The molecule has 0 fully saturated rings. The van der Waals surface area contributed by atoms with Gasteiger partial charge in [0.2, 0.25) is 0 Å². The molecule has 5 nitrogen and oxygen atoms in total. The van der Waals surface area contributed by atoms with E-state index in [-0.39, 0.29) is 20.5 Å². The summed E-state index contributed by atoms with van der Waals surface area (Å²) in [7, 11) is 0. The van der Waals surface area contributed by atoms with E-state index in [0.29, 0.717) is 0 Å². The van der Waals surface area contributed by atoms with Crippen LogP contribution in [0.4, 0.5) is 0 Å². The first-order valence-corrected chi connectivity index (χ1v) is 3.15. The molecule has 0 bridgehead atoms. The number of rotatable bonds is 4. The molecular weight excluding hydrogens is 162 g/mol. The minimum absolute atomic E-state index is 0. The number of aliphatic carboxylic acids is 1. The lowest BCUT2D eigenvalue weighted by Crippen LogP contribution is -2.31. The molecule has 0 rings (SSSR count). The minimum atomic E-state index is -1.09. The molecule has 0 aromatic rings. The maximum Gasteiger partial charge on any atom is 0.320 e. The molecule has 0 aliphatic rings. The highest BCUT2D eigenvalue weighted by Crippen LogP contribution is 1.89. The topological polar surface area (TPSA) is 89.6 Å². The summed E-state index contributed by atoms with van der Waals surface area (Å²) in [6.45, 7) is 1.31. The second-order valence-electron chi connectivity index (χ2n) is 2.07. The Morgan fingerprint density at radius 2 is 2.08 bits per heavy atom. The first-order valence-electron chi connectivity index (χ1n) is 3.15. The van der Waals surface area contributed by atoms with Gasteiger partial charge in [-0.15, -0.1) is 0 Å². The van der Waals surface area contributed by atoms with Crippen molar-refractivity contribution >= 4 is 11.9 Å². The van der Waals surface area contributed by atoms with Crippen molar-refractivity contribution in [2.75, 3.05) is 6.61 Å². The Kier molecular flexibility index (Phi) is 7.42.